The van der Waals surface area contributed by atoms with Crippen LogP contribution >= 0.6 is 22.7 Å². The fourth-order valence-electron chi connectivity index (χ4n) is 2.78. The summed E-state index contributed by atoms with van der Waals surface area (Å²) < 4.78 is 31.8. The molecule has 0 bridgehead atoms. The van der Waals surface area contributed by atoms with Gasteiger partial charge in [0.1, 0.15) is 4.21 Å². The summed E-state index contributed by atoms with van der Waals surface area (Å²) in [5.41, 5.74) is 0. The van der Waals surface area contributed by atoms with Gasteiger partial charge in [-0.25, -0.2) is 8.42 Å². The molecule has 9 heteroatoms. The van der Waals surface area contributed by atoms with Crippen molar-refractivity contribution in [3.05, 3.63) is 39.4 Å². The zero-order valence-corrected chi connectivity index (χ0v) is 16.7. The number of carbonyl (C=O) groups is 2. The lowest BCUT2D eigenvalue weighted by molar-refractivity contribution is -0.148. The van der Waals surface area contributed by atoms with Crippen LogP contribution in [0.5, 0.6) is 0 Å². The smallest absolute Gasteiger partial charge is 0.309 e. The van der Waals surface area contributed by atoms with Gasteiger partial charge in [-0.2, -0.15) is 4.31 Å². The normalized spacial score (nSPS) is 16.5. The average Bonchev–Trinajstić information content (AvgIpc) is 3.31. The standard InChI is InChI=1S/C17H19NO5S3/c1-12-4-5-15(25-12)14(19)11-23-17(20)13-6-8-18(9-7-13)26(21,22)16-3-2-10-24-16/h2-5,10,13H,6-9,11H2,1H3. The highest BCUT2D eigenvalue weighted by molar-refractivity contribution is 7.91. The second-order valence-corrected chi connectivity index (χ2v) is 10.5. The van der Waals surface area contributed by atoms with Crippen LogP contribution in [0.4, 0.5) is 0 Å². The van der Waals surface area contributed by atoms with Gasteiger partial charge in [-0.05, 0) is 43.3 Å². The van der Waals surface area contributed by atoms with Crippen molar-refractivity contribution in [1.82, 2.24) is 4.31 Å². The number of sulfonamides is 1. The van der Waals surface area contributed by atoms with Crippen LogP contribution in [0, 0.1) is 12.8 Å². The number of thiophene rings is 2. The number of nitrogens with zero attached hydrogens (tertiary/aromatic N) is 1. The number of ketones is 1. The quantitative estimate of drug-likeness (QED) is 0.537. The van der Waals surface area contributed by atoms with Gasteiger partial charge in [-0.1, -0.05) is 6.07 Å². The summed E-state index contributed by atoms with van der Waals surface area (Å²) in [5, 5.41) is 1.73. The molecule has 2 aromatic rings. The minimum absolute atomic E-state index is 0.214. The topological polar surface area (TPSA) is 80.8 Å². The van der Waals surface area contributed by atoms with Crippen LogP contribution in [0.15, 0.2) is 33.9 Å². The van der Waals surface area contributed by atoms with Gasteiger partial charge >= 0.3 is 5.97 Å². The molecule has 0 amide bonds. The predicted molar refractivity (Wildman–Crippen MR) is 100 cm³/mol. The van der Waals surface area contributed by atoms with Crippen molar-refractivity contribution in [2.75, 3.05) is 19.7 Å². The van der Waals surface area contributed by atoms with Crippen molar-refractivity contribution in [3.8, 4) is 0 Å². The zero-order chi connectivity index (χ0) is 18.7. The highest BCUT2D eigenvalue weighted by atomic mass is 32.2. The van der Waals surface area contributed by atoms with E-state index in [2.05, 4.69) is 0 Å². The van der Waals surface area contributed by atoms with E-state index < -0.39 is 16.0 Å². The van der Waals surface area contributed by atoms with Crippen molar-refractivity contribution >= 4 is 44.4 Å². The summed E-state index contributed by atoms with van der Waals surface area (Å²) in [6.07, 6.45) is 0.797. The fraction of sp³-hybridized carbons (Fsp3) is 0.412. The Morgan fingerprint density at radius 2 is 1.96 bits per heavy atom. The summed E-state index contributed by atoms with van der Waals surface area (Å²) in [5.74, 6) is -1.02. The summed E-state index contributed by atoms with van der Waals surface area (Å²) in [7, 11) is -3.48. The number of aryl methyl sites for hydroxylation is 1. The summed E-state index contributed by atoms with van der Waals surface area (Å²) in [6.45, 7) is 2.19. The van der Waals surface area contributed by atoms with E-state index in [-0.39, 0.29) is 31.4 Å². The molecule has 0 N–H and O–H groups in total. The molecular formula is C17H19NO5S3. The molecule has 3 rings (SSSR count). The molecule has 0 aliphatic carbocycles. The van der Waals surface area contributed by atoms with E-state index in [0.717, 1.165) is 4.88 Å². The van der Waals surface area contributed by atoms with E-state index in [4.69, 9.17) is 4.74 Å². The number of ether oxygens (including phenoxy) is 1. The molecule has 1 aliphatic heterocycles. The molecule has 2 aromatic heterocycles. The Morgan fingerprint density at radius 1 is 1.23 bits per heavy atom. The van der Waals surface area contributed by atoms with Crippen molar-refractivity contribution in [2.45, 2.75) is 24.0 Å². The number of esters is 1. The van der Waals surface area contributed by atoms with Crippen LogP contribution in [0.1, 0.15) is 27.4 Å². The molecule has 26 heavy (non-hydrogen) atoms. The minimum Gasteiger partial charge on any atom is -0.457 e. The molecule has 0 saturated carbocycles. The summed E-state index contributed by atoms with van der Waals surface area (Å²) in [4.78, 5) is 25.8. The van der Waals surface area contributed by atoms with Crippen molar-refractivity contribution in [3.63, 3.8) is 0 Å². The number of Topliss-reactive ketones (excluding diaryl/α,β-unsaturated/α-hetero) is 1. The molecule has 0 atom stereocenters. The monoisotopic (exact) mass is 413 g/mol. The number of piperidine rings is 1. The number of rotatable bonds is 6. The van der Waals surface area contributed by atoms with Crippen LogP contribution in [0.3, 0.4) is 0 Å². The average molecular weight is 414 g/mol. The third-order valence-electron chi connectivity index (χ3n) is 4.24. The van der Waals surface area contributed by atoms with Crippen molar-refractivity contribution < 1.29 is 22.7 Å². The molecule has 0 aromatic carbocycles. The maximum atomic E-state index is 12.5. The Bertz CT molecular complexity index is 877. The summed E-state index contributed by atoms with van der Waals surface area (Å²) in [6, 6.07) is 6.86. The lowest BCUT2D eigenvalue weighted by Crippen LogP contribution is -2.40. The SMILES string of the molecule is Cc1ccc(C(=O)COC(=O)C2CCN(S(=O)(=O)c3cccs3)CC2)s1. The third kappa shape index (κ3) is 4.22. The van der Waals surface area contributed by atoms with Gasteiger partial charge in [0.25, 0.3) is 10.0 Å². The van der Waals surface area contributed by atoms with Crippen LogP contribution in [-0.2, 0) is 19.6 Å². The van der Waals surface area contributed by atoms with Gasteiger partial charge in [-0.3, -0.25) is 9.59 Å². The lowest BCUT2D eigenvalue weighted by Gasteiger charge is -2.29. The van der Waals surface area contributed by atoms with Crippen molar-refractivity contribution in [2.24, 2.45) is 5.92 Å². The van der Waals surface area contributed by atoms with Gasteiger partial charge in [0.15, 0.2) is 6.61 Å². The van der Waals surface area contributed by atoms with E-state index in [1.54, 1.807) is 23.6 Å². The van der Waals surface area contributed by atoms with E-state index in [1.165, 1.54) is 27.0 Å². The van der Waals surface area contributed by atoms with E-state index in [0.29, 0.717) is 21.9 Å². The van der Waals surface area contributed by atoms with Gasteiger partial charge in [0.05, 0.1) is 10.8 Å². The maximum Gasteiger partial charge on any atom is 0.309 e. The van der Waals surface area contributed by atoms with Crippen LogP contribution in [0.25, 0.3) is 0 Å². The summed E-state index contributed by atoms with van der Waals surface area (Å²) >= 11 is 2.56. The van der Waals surface area contributed by atoms with Gasteiger partial charge in [0, 0.05) is 18.0 Å². The molecule has 0 unspecified atom stereocenters. The Morgan fingerprint density at radius 3 is 2.54 bits per heavy atom. The molecule has 140 valence electrons. The highest BCUT2D eigenvalue weighted by Gasteiger charge is 2.33. The molecule has 0 radical (unpaired) electrons. The highest BCUT2D eigenvalue weighted by Crippen LogP contribution is 2.27. The Balaban J connectivity index is 1.50. The molecule has 1 aliphatic rings. The van der Waals surface area contributed by atoms with Crippen LogP contribution < -0.4 is 0 Å². The number of hydrogen-bond donors (Lipinski definition) is 0. The Kier molecular flexibility index (Phi) is 5.91. The van der Waals surface area contributed by atoms with E-state index >= 15 is 0 Å². The Hall–Kier alpha value is -1.55. The zero-order valence-electron chi connectivity index (χ0n) is 14.2. The molecule has 0 spiro atoms. The molecule has 1 saturated heterocycles. The third-order valence-corrected chi connectivity index (χ3v) is 8.55. The van der Waals surface area contributed by atoms with Crippen LogP contribution in [0.2, 0.25) is 0 Å². The van der Waals surface area contributed by atoms with Gasteiger partial charge in [-0.15, -0.1) is 22.7 Å². The van der Waals surface area contributed by atoms with E-state index in [9.17, 15) is 18.0 Å². The first kappa shape index (κ1) is 19.2. The van der Waals surface area contributed by atoms with E-state index in [1.807, 2.05) is 13.0 Å². The molecular weight excluding hydrogens is 394 g/mol. The maximum absolute atomic E-state index is 12.5. The molecule has 6 nitrogen and oxygen atoms in total. The van der Waals surface area contributed by atoms with Crippen LogP contribution in [-0.4, -0.2) is 44.2 Å². The first-order valence-corrected chi connectivity index (χ1v) is 11.3. The lowest BCUT2D eigenvalue weighted by atomic mass is 9.98. The largest absolute Gasteiger partial charge is 0.457 e. The first-order valence-electron chi connectivity index (χ1n) is 8.18. The minimum atomic E-state index is -3.48. The second kappa shape index (κ2) is 7.99. The fourth-order valence-corrected chi connectivity index (χ4v) is 6.19. The van der Waals surface area contributed by atoms with Crippen molar-refractivity contribution in [1.29, 1.82) is 0 Å². The second-order valence-electron chi connectivity index (χ2n) is 6.05. The molecule has 3 heterocycles. The predicted octanol–water partition coefficient (Wildman–Crippen LogP) is 2.94. The van der Waals surface area contributed by atoms with Gasteiger partial charge in [0.2, 0.25) is 5.78 Å². The first-order chi connectivity index (χ1) is 12.4. The van der Waals surface area contributed by atoms with Gasteiger partial charge < -0.3 is 4.74 Å². The number of carbonyl (C=O) groups excluding carboxylic acids is 2. The Labute approximate surface area is 160 Å². The molecule has 1 fully saturated rings. The number of hydrogen-bond acceptors (Lipinski definition) is 7.